The SMILES string of the molecule is COc1cccc(COc2c(Br)cc(Cl)cc2C=O)c1. The highest BCUT2D eigenvalue weighted by Crippen LogP contribution is 2.32. The fourth-order valence-corrected chi connectivity index (χ4v) is 2.69. The third kappa shape index (κ3) is 3.52. The summed E-state index contributed by atoms with van der Waals surface area (Å²) in [5.74, 6) is 1.24. The monoisotopic (exact) mass is 354 g/mol. The van der Waals surface area contributed by atoms with Crippen LogP contribution in [0.5, 0.6) is 11.5 Å². The number of hydrogen-bond acceptors (Lipinski definition) is 3. The van der Waals surface area contributed by atoms with Gasteiger partial charge in [-0.3, -0.25) is 4.79 Å². The lowest BCUT2D eigenvalue weighted by Crippen LogP contribution is -1.99. The molecule has 20 heavy (non-hydrogen) atoms. The summed E-state index contributed by atoms with van der Waals surface area (Å²) >= 11 is 9.24. The van der Waals surface area contributed by atoms with Gasteiger partial charge >= 0.3 is 0 Å². The Hall–Kier alpha value is -1.52. The van der Waals surface area contributed by atoms with Gasteiger partial charge in [0.2, 0.25) is 0 Å². The number of ether oxygens (including phenoxy) is 2. The van der Waals surface area contributed by atoms with Gasteiger partial charge in [0, 0.05) is 5.02 Å². The van der Waals surface area contributed by atoms with Gasteiger partial charge in [0.15, 0.2) is 6.29 Å². The molecule has 0 bridgehead atoms. The van der Waals surface area contributed by atoms with E-state index in [1.54, 1.807) is 19.2 Å². The molecule has 0 aliphatic rings. The minimum absolute atomic E-state index is 0.332. The highest BCUT2D eigenvalue weighted by atomic mass is 79.9. The summed E-state index contributed by atoms with van der Waals surface area (Å²) in [6, 6.07) is 10.8. The molecule has 0 aliphatic heterocycles. The average Bonchev–Trinajstić information content (AvgIpc) is 2.45. The first-order chi connectivity index (χ1) is 9.63. The Bertz CT molecular complexity index is 629. The summed E-state index contributed by atoms with van der Waals surface area (Å²) < 4.78 is 11.5. The molecule has 0 amide bonds. The van der Waals surface area contributed by atoms with Gasteiger partial charge in [0.05, 0.1) is 17.1 Å². The lowest BCUT2D eigenvalue weighted by Gasteiger charge is -2.11. The van der Waals surface area contributed by atoms with Gasteiger partial charge in [0.1, 0.15) is 18.1 Å². The third-order valence-electron chi connectivity index (χ3n) is 2.68. The fraction of sp³-hybridized carbons (Fsp3) is 0.133. The summed E-state index contributed by atoms with van der Waals surface area (Å²) in [6.45, 7) is 0.332. The normalized spacial score (nSPS) is 10.2. The zero-order valence-electron chi connectivity index (χ0n) is 10.7. The molecular formula is C15H12BrClO3. The number of carbonyl (C=O) groups excluding carboxylic acids is 1. The van der Waals surface area contributed by atoms with E-state index in [-0.39, 0.29) is 0 Å². The van der Waals surface area contributed by atoms with Gasteiger partial charge in [-0.2, -0.15) is 0 Å². The molecule has 0 N–H and O–H groups in total. The number of methoxy groups -OCH3 is 1. The van der Waals surface area contributed by atoms with Crippen LogP contribution in [-0.2, 0) is 6.61 Å². The van der Waals surface area contributed by atoms with Crippen LogP contribution < -0.4 is 9.47 Å². The van der Waals surface area contributed by atoms with E-state index < -0.39 is 0 Å². The van der Waals surface area contributed by atoms with Crippen LogP contribution in [0, 0.1) is 0 Å². The van der Waals surface area contributed by atoms with Gasteiger partial charge in [-0.1, -0.05) is 23.7 Å². The van der Waals surface area contributed by atoms with Crippen molar-refractivity contribution >= 4 is 33.8 Å². The van der Waals surface area contributed by atoms with Crippen molar-refractivity contribution in [1.29, 1.82) is 0 Å². The van der Waals surface area contributed by atoms with E-state index >= 15 is 0 Å². The number of carbonyl (C=O) groups is 1. The third-order valence-corrected chi connectivity index (χ3v) is 3.49. The molecular weight excluding hydrogens is 344 g/mol. The highest BCUT2D eigenvalue weighted by Gasteiger charge is 2.10. The Morgan fingerprint density at radius 3 is 2.80 bits per heavy atom. The molecule has 3 nitrogen and oxygen atoms in total. The molecule has 0 spiro atoms. The molecule has 0 unspecified atom stereocenters. The number of aldehydes is 1. The van der Waals surface area contributed by atoms with E-state index in [1.807, 2.05) is 24.3 Å². The second kappa shape index (κ2) is 6.77. The van der Waals surface area contributed by atoms with Crippen LogP contribution in [0.25, 0.3) is 0 Å². The smallest absolute Gasteiger partial charge is 0.153 e. The molecule has 0 atom stereocenters. The summed E-state index contributed by atoms with van der Waals surface area (Å²) in [7, 11) is 1.61. The second-order valence-corrected chi connectivity index (χ2v) is 5.35. The fourth-order valence-electron chi connectivity index (χ4n) is 1.74. The maximum absolute atomic E-state index is 11.1. The zero-order valence-corrected chi connectivity index (χ0v) is 13.1. The van der Waals surface area contributed by atoms with Crippen LogP contribution in [0.15, 0.2) is 40.9 Å². The maximum Gasteiger partial charge on any atom is 0.153 e. The first-order valence-corrected chi connectivity index (χ1v) is 7.01. The van der Waals surface area contributed by atoms with E-state index in [9.17, 15) is 4.79 Å². The van der Waals surface area contributed by atoms with Gasteiger partial charge in [-0.25, -0.2) is 0 Å². The van der Waals surface area contributed by atoms with Crippen molar-refractivity contribution in [2.45, 2.75) is 6.61 Å². The molecule has 2 rings (SSSR count). The Morgan fingerprint density at radius 1 is 1.30 bits per heavy atom. The van der Waals surface area contributed by atoms with Crippen LogP contribution >= 0.6 is 27.5 Å². The van der Waals surface area contributed by atoms with Gasteiger partial charge < -0.3 is 9.47 Å². The molecule has 104 valence electrons. The van der Waals surface area contributed by atoms with Gasteiger partial charge in [-0.05, 0) is 45.8 Å². The quantitative estimate of drug-likeness (QED) is 0.741. The molecule has 0 aliphatic carbocycles. The van der Waals surface area contributed by atoms with Crippen molar-refractivity contribution in [2.75, 3.05) is 7.11 Å². The number of hydrogen-bond donors (Lipinski definition) is 0. The van der Waals surface area contributed by atoms with Crippen molar-refractivity contribution in [3.8, 4) is 11.5 Å². The lowest BCUT2D eigenvalue weighted by atomic mass is 10.2. The molecule has 0 fully saturated rings. The summed E-state index contributed by atoms with van der Waals surface area (Å²) in [5, 5.41) is 0.479. The lowest BCUT2D eigenvalue weighted by molar-refractivity contribution is 0.111. The van der Waals surface area contributed by atoms with Crippen LogP contribution in [0.2, 0.25) is 5.02 Å². The molecule has 0 heterocycles. The van der Waals surface area contributed by atoms with Gasteiger partial charge in [0.25, 0.3) is 0 Å². The Balaban J connectivity index is 2.20. The van der Waals surface area contributed by atoms with E-state index in [1.165, 1.54) is 0 Å². The van der Waals surface area contributed by atoms with E-state index in [0.29, 0.717) is 27.4 Å². The molecule has 0 saturated carbocycles. The van der Waals surface area contributed by atoms with Crippen molar-refractivity contribution in [1.82, 2.24) is 0 Å². The second-order valence-electron chi connectivity index (χ2n) is 4.06. The zero-order chi connectivity index (χ0) is 14.5. The van der Waals surface area contributed by atoms with E-state index in [0.717, 1.165) is 17.6 Å². The molecule has 0 saturated heterocycles. The Morgan fingerprint density at radius 2 is 2.10 bits per heavy atom. The van der Waals surface area contributed by atoms with Crippen LogP contribution in [0.4, 0.5) is 0 Å². The van der Waals surface area contributed by atoms with Crippen molar-refractivity contribution < 1.29 is 14.3 Å². The Labute approximate surface area is 130 Å². The van der Waals surface area contributed by atoms with Crippen LogP contribution in [0.1, 0.15) is 15.9 Å². The van der Waals surface area contributed by atoms with Crippen LogP contribution in [0.3, 0.4) is 0 Å². The topological polar surface area (TPSA) is 35.5 Å². The van der Waals surface area contributed by atoms with Crippen molar-refractivity contribution in [3.63, 3.8) is 0 Å². The number of benzene rings is 2. The highest BCUT2D eigenvalue weighted by molar-refractivity contribution is 9.10. The largest absolute Gasteiger partial charge is 0.497 e. The van der Waals surface area contributed by atoms with E-state index in [4.69, 9.17) is 21.1 Å². The molecule has 0 radical (unpaired) electrons. The van der Waals surface area contributed by atoms with E-state index in [2.05, 4.69) is 15.9 Å². The van der Waals surface area contributed by atoms with Crippen molar-refractivity contribution in [3.05, 3.63) is 57.0 Å². The summed E-state index contributed by atoms with van der Waals surface area (Å²) in [4.78, 5) is 11.1. The predicted octanol–water partition coefficient (Wildman–Crippen LogP) is 4.50. The Kier molecular flexibility index (Phi) is 5.04. The molecule has 0 aromatic heterocycles. The van der Waals surface area contributed by atoms with Crippen LogP contribution in [-0.4, -0.2) is 13.4 Å². The minimum atomic E-state index is 0.332. The number of halogens is 2. The van der Waals surface area contributed by atoms with Crippen molar-refractivity contribution in [2.24, 2.45) is 0 Å². The van der Waals surface area contributed by atoms with Gasteiger partial charge in [-0.15, -0.1) is 0 Å². The predicted molar refractivity (Wildman–Crippen MR) is 81.9 cm³/mol. The average molecular weight is 356 g/mol. The molecule has 5 heteroatoms. The summed E-state index contributed by atoms with van der Waals surface area (Å²) in [5.41, 5.74) is 1.36. The summed E-state index contributed by atoms with van der Waals surface area (Å²) in [6.07, 6.45) is 0.720. The standard InChI is InChI=1S/C15H12BrClO3/c1-19-13-4-2-3-10(5-13)9-20-15-11(8-18)6-12(17)7-14(15)16/h2-8H,9H2,1H3. The number of rotatable bonds is 5. The first-order valence-electron chi connectivity index (χ1n) is 5.84. The minimum Gasteiger partial charge on any atom is -0.497 e. The molecule has 2 aromatic carbocycles. The first kappa shape index (κ1) is 14.9. The maximum atomic E-state index is 11.1. The molecule has 2 aromatic rings.